The highest BCUT2D eigenvalue weighted by Crippen LogP contribution is 2.60. The van der Waals surface area contributed by atoms with Gasteiger partial charge in [0.25, 0.3) is 20.2 Å². The van der Waals surface area contributed by atoms with Crippen molar-refractivity contribution in [3.8, 4) is 5.75 Å². The zero-order valence-electron chi connectivity index (χ0n) is 23.8. The van der Waals surface area contributed by atoms with Crippen LogP contribution in [0.1, 0.15) is 53.9 Å². The molecule has 16 heteroatoms. The Morgan fingerprint density at radius 3 is 2.24 bits per heavy atom. The molecule has 246 valence electrons. The highest BCUT2D eigenvalue weighted by molar-refractivity contribution is 14.1. The molecule has 11 nitrogen and oxygen atoms in total. The van der Waals surface area contributed by atoms with Crippen molar-refractivity contribution in [3.63, 3.8) is 0 Å². The molecule has 46 heavy (non-hydrogen) atoms. The molecule has 0 amide bonds. The first-order chi connectivity index (χ1) is 21.7. The summed E-state index contributed by atoms with van der Waals surface area (Å²) in [7, 11) is -8.83. The largest absolute Gasteiger partial charge is 0.453 e. The number of benzene rings is 2. The van der Waals surface area contributed by atoms with Gasteiger partial charge in [0.2, 0.25) is 0 Å². The van der Waals surface area contributed by atoms with E-state index < -0.39 is 67.8 Å². The van der Waals surface area contributed by atoms with Gasteiger partial charge >= 0.3 is 11.9 Å². The summed E-state index contributed by atoms with van der Waals surface area (Å²) in [6, 6.07) is 7.60. The van der Waals surface area contributed by atoms with Crippen LogP contribution in [0.15, 0.2) is 35.2 Å². The molecular weight excluding hydrogens is 981 g/mol. The maximum Gasteiger partial charge on any atom is 0.339 e. The number of esters is 2. The Labute approximate surface area is 306 Å². The zero-order valence-corrected chi connectivity index (χ0v) is 31.9. The van der Waals surface area contributed by atoms with E-state index in [4.69, 9.17) is 18.4 Å². The van der Waals surface area contributed by atoms with Crippen molar-refractivity contribution >= 4 is 99.9 Å². The predicted octanol–water partition coefficient (Wildman–Crippen LogP) is 4.91. The minimum absolute atomic E-state index is 0.0355. The van der Waals surface area contributed by atoms with Crippen molar-refractivity contribution in [2.75, 3.05) is 0 Å². The van der Waals surface area contributed by atoms with Crippen LogP contribution in [0.25, 0.3) is 0 Å². The van der Waals surface area contributed by atoms with E-state index in [1.165, 1.54) is 24.6 Å². The summed E-state index contributed by atoms with van der Waals surface area (Å²) in [6.07, 6.45) is 0.770. The lowest BCUT2D eigenvalue weighted by Crippen LogP contribution is -2.50. The molecule has 6 bridgehead atoms. The fourth-order valence-electron chi connectivity index (χ4n) is 9.32. The number of rotatable bonds is 6. The molecule has 7 aliphatic rings. The van der Waals surface area contributed by atoms with Crippen LogP contribution in [0.4, 0.5) is 0 Å². The van der Waals surface area contributed by atoms with Crippen molar-refractivity contribution in [1.29, 1.82) is 0 Å². The topological polar surface area (TPSA) is 160 Å². The molecule has 1 N–H and O–H groups in total. The predicted molar refractivity (Wildman–Crippen MR) is 185 cm³/mol. The van der Waals surface area contributed by atoms with E-state index in [9.17, 15) is 31.0 Å². The lowest BCUT2D eigenvalue weighted by molar-refractivity contribution is -0.142. The summed E-state index contributed by atoms with van der Waals surface area (Å²) in [5.41, 5.74) is 0.726. The monoisotopic (exact) mass is 1010 g/mol. The fraction of sp³-hybridized carbons (Fsp3) is 0.533. The van der Waals surface area contributed by atoms with Gasteiger partial charge in [-0.3, -0.25) is 13.5 Å². The minimum Gasteiger partial charge on any atom is -0.453 e. The second-order valence-electron chi connectivity index (χ2n) is 13.3. The third kappa shape index (κ3) is 5.28. The number of carbonyl (C=O) groups excluding carboxylic acids is 2. The maximum atomic E-state index is 13.8. The van der Waals surface area contributed by atoms with Crippen LogP contribution in [0, 0.1) is 40.3 Å². The highest BCUT2D eigenvalue weighted by Gasteiger charge is 2.74. The molecule has 3 saturated heterocycles. The molecule has 6 atom stereocenters. The van der Waals surface area contributed by atoms with Crippen LogP contribution in [0.5, 0.6) is 5.75 Å². The van der Waals surface area contributed by atoms with E-state index in [-0.39, 0.29) is 28.4 Å². The van der Waals surface area contributed by atoms with Gasteiger partial charge in [-0.15, -0.1) is 0 Å². The molecule has 3 heterocycles. The molecule has 4 aliphatic carbocycles. The van der Waals surface area contributed by atoms with Crippen LogP contribution in [-0.4, -0.2) is 63.0 Å². The van der Waals surface area contributed by atoms with E-state index in [0.717, 1.165) is 32.8 Å². The van der Waals surface area contributed by atoms with Crippen LogP contribution in [0.3, 0.4) is 0 Å². The van der Waals surface area contributed by atoms with Crippen molar-refractivity contribution < 1.29 is 49.4 Å². The molecule has 2 aromatic rings. The molecule has 9 rings (SSSR count). The van der Waals surface area contributed by atoms with E-state index in [1.54, 1.807) is 6.07 Å². The highest BCUT2D eigenvalue weighted by atomic mass is 127. The van der Waals surface area contributed by atoms with Crippen molar-refractivity contribution in [2.45, 2.75) is 72.6 Å². The Hall–Kier alpha value is -0.650. The van der Waals surface area contributed by atoms with Gasteiger partial charge in [-0.05, 0) is 165 Å². The molecule has 6 unspecified atom stereocenters. The van der Waals surface area contributed by atoms with Crippen molar-refractivity contribution in [2.24, 2.45) is 29.6 Å². The molecule has 3 aliphatic heterocycles. The van der Waals surface area contributed by atoms with Gasteiger partial charge in [-0.2, -0.15) is 16.8 Å². The first-order valence-corrected chi connectivity index (χ1v) is 21.1. The van der Waals surface area contributed by atoms with E-state index in [1.807, 2.05) is 28.7 Å². The second-order valence-corrected chi connectivity index (χ2v) is 19.9. The van der Waals surface area contributed by atoms with E-state index >= 15 is 0 Å². The van der Waals surface area contributed by atoms with Gasteiger partial charge in [-0.1, -0.05) is 0 Å². The molecule has 0 spiro atoms. The minimum atomic E-state index is -4.56. The van der Waals surface area contributed by atoms with Crippen molar-refractivity contribution in [1.82, 2.24) is 0 Å². The lowest BCUT2D eigenvalue weighted by atomic mass is 9.51. The summed E-state index contributed by atoms with van der Waals surface area (Å²) >= 11 is 6.24. The Morgan fingerprint density at radius 1 is 0.913 bits per heavy atom. The van der Waals surface area contributed by atoms with Gasteiger partial charge < -0.3 is 14.2 Å². The Kier molecular flexibility index (Phi) is 8.10. The van der Waals surface area contributed by atoms with Crippen LogP contribution in [-0.2, 0) is 38.7 Å². The molecular formula is C30H27I3O11S2. The van der Waals surface area contributed by atoms with Gasteiger partial charge in [0.05, 0.1) is 10.5 Å². The average Bonchev–Trinajstić information content (AvgIpc) is 3.57. The zero-order chi connectivity index (χ0) is 32.4. The SMILES string of the molecule is O=C(OC1C2OS(=O)(=O)C3C2OC1C3C(=O)Oc1ccc(S(=O)(=O)O)c(C2C3CC4CC(C3)CC2C4)c1)c1cc(I)cc(I)c1I. The van der Waals surface area contributed by atoms with Gasteiger partial charge in [0.1, 0.15) is 35.2 Å². The standard InChI is InChI=1S/C30H27I3O11S2/c31-15-8-18(23(33)19(32)9-15)29(34)43-25-24-22(28-27(42-24)26(25)44-46(28,39)40)30(35)41-16-1-2-20(45(36,37)38)17(10-16)21-13-4-11-3-12(6-13)7-14(21)5-11/h1-2,8-14,21-22,24-28H,3-7H2,(H,36,37,38). The summed E-state index contributed by atoms with van der Waals surface area (Å²) in [5.74, 6) is -1.23. The summed E-state index contributed by atoms with van der Waals surface area (Å²) < 4.78 is 86.5. The molecule has 4 saturated carbocycles. The first kappa shape index (κ1) is 32.5. The quantitative estimate of drug-likeness (QED) is 0.105. The molecule has 0 aromatic heterocycles. The van der Waals surface area contributed by atoms with Crippen LogP contribution < -0.4 is 4.74 Å². The second kappa shape index (κ2) is 11.4. The number of ether oxygens (including phenoxy) is 3. The van der Waals surface area contributed by atoms with Gasteiger partial charge in [-0.25, -0.2) is 4.79 Å². The molecule has 0 radical (unpaired) electrons. The first-order valence-electron chi connectivity index (χ1n) is 15.0. The smallest absolute Gasteiger partial charge is 0.339 e. The third-order valence-electron chi connectivity index (χ3n) is 10.7. The number of fused-ring (bicyclic) bond motifs is 1. The normalized spacial score (nSPS) is 37.9. The van der Waals surface area contributed by atoms with Gasteiger partial charge in [0, 0.05) is 10.7 Å². The maximum absolute atomic E-state index is 13.8. The number of carbonyl (C=O) groups is 2. The fourth-order valence-corrected chi connectivity index (χ4v) is 14.3. The third-order valence-corrected chi connectivity index (χ3v) is 17.0. The Bertz CT molecular complexity index is 1870. The van der Waals surface area contributed by atoms with E-state index in [2.05, 4.69) is 45.2 Å². The van der Waals surface area contributed by atoms with Gasteiger partial charge in [0.15, 0.2) is 6.10 Å². The summed E-state index contributed by atoms with van der Waals surface area (Å²) in [5, 5.41) is -1.34. The van der Waals surface area contributed by atoms with E-state index in [0.29, 0.717) is 26.5 Å². The van der Waals surface area contributed by atoms with Crippen LogP contribution >= 0.6 is 67.8 Å². The molecule has 7 fully saturated rings. The molecule has 2 aromatic carbocycles. The summed E-state index contributed by atoms with van der Waals surface area (Å²) in [6.45, 7) is 0. The summed E-state index contributed by atoms with van der Waals surface area (Å²) in [4.78, 5) is 26.9. The number of hydrogen-bond donors (Lipinski definition) is 1. The average molecular weight is 1010 g/mol. The number of hydrogen-bond acceptors (Lipinski definition) is 10. The Balaban J connectivity index is 1.09. The Morgan fingerprint density at radius 2 is 1.59 bits per heavy atom. The van der Waals surface area contributed by atoms with Crippen LogP contribution in [0.2, 0.25) is 0 Å². The number of halogens is 3. The lowest BCUT2D eigenvalue weighted by Gasteiger charge is -2.54. The van der Waals surface area contributed by atoms with Crippen molar-refractivity contribution in [3.05, 3.63) is 52.2 Å².